The highest BCUT2D eigenvalue weighted by Gasteiger charge is 2.33. The van der Waals surface area contributed by atoms with E-state index < -0.39 is 22.7 Å². The molecule has 0 aliphatic carbocycles. The fourth-order valence-corrected chi connectivity index (χ4v) is 3.35. The predicted octanol–water partition coefficient (Wildman–Crippen LogP) is 6.77. The predicted molar refractivity (Wildman–Crippen MR) is 125 cm³/mol. The summed E-state index contributed by atoms with van der Waals surface area (Å²) in [4.78, 5) is 11.5. The number of rotatable bonds is 19. The lowest BCUT2D eigenvalue weighted by Crippen LogP contribution is -2.29. The molecule has 0 amide bonds. The maximum atomic E-state index is 11.5. The van der Waals surface area contributed by atoms with Gasteiger partial charge in [-0.25, -0.2) is 0 Å². The van der Waals surface area contributed by atoms with Crippen LogP contribution in [0.3, 0.4) is 0 Å². The summed E-state index contributed by atoms with van der Waals surface area (Å²) < 4.78 is 23.3. The second-order valence-corrected chi connectivity index (χ2v) is 7.98. The van der Waals surface area contributed by atoms with Crippen LogP contribution in [0, 0.1) is 5.41 Å². The second-order valence-electron chi connectivity index (χ2n) is 7.31. The maximum Gasteiger partial charge on any atom is 0.309 e. The van der Waals surface area contributed by atoms with Crippen LogP contribution in [-0.4, -0.2) is 26.4 Å². The Hall–Kier alpha value is -1.50. The summed E-state index contributed by atoms with van der Waals surface area (Å²) in [5.74, 6) is -0.675. The summed E-state index contributed by atoms with van der Waals surface area (Å²) in [6.45, 7) is 4.25. The summed E-state index contributed by atoms with van der Waals surface area (Å²) >= 11 is -2.14. The third-order valence-electron chi connectivity index (χ3n) is 5.28. The lowest BCUT2D eigenvalue weighted by Gasteiger charge is -2.25. The van der Waals surface area contributed by atoms with Gasteiger partial charge in [0.2, 0.25) is 0 Å². The quantitative estimate of drug-likeness (QED) is 0.132. The zero-order chi connectivity index (χ0) is 22.5. The van der Waals surface area contributed by atoms with Crippen molar-refractivity contribution in [3.05, 3.63) is 48.6 Å². The van der Waals surface area contributed by atoms with Crippen molar-refractivity contribution in [3.8, 4) is 0 Å². The molecule has 0 aliphatic heterocycles. The first kappa shape index (κ1) is 28.5. The van der Waals surface area contributed by atoms with Crippen LogP contribution in [0.2, 0.25) is 0 Å². The summed E-state index contributed by atoms with van der Waals surface area (Å²) in [6.07, 6.45) is 26.6. The lowest BCUT2D eigenvalue weighted by atomic mass is 9.78. The number of hydrogen-bond acceptors (Lipinski definition) is 3. The van der Waals surface area contributed by atoms with Gasteiger partial charge >= 0.3 is 17.3 Å². The highest BCUT2D eigenvalue weighted by Crippen LogP contribution is 2.32. The lowest BCUT2D eigenvalue weighted by molar-refractivity contribution is -0.149. The van der Waals surface area contributed by atoms with Crippen LogP contribution < -0.4 is 0 Å². The van der Waals surface area contributed by atoms with Crippen molar-refractivity contribution in [3.63, 3.8) is 0 Å². The summed E-state index contributed by atoms with van der Waals surface area (Å²) in [6, 6.07) is 0. The van der Waals surface area contributed by atoms with Crippen LogP contribution in [0.1, 0.15) is 84.5 Å². The number of hydrogen-bond donors (Lipinski definition) is 2. The average molecular weight is 441 g/mol. The Morgan fingerprint density at radius 3 is 1.80 bits per heavy atom. The Balaban J connectivity index is 3.70. The van der Waals surface area contributed by atoms with Crippen LogP contribution in [0.5, 0.6) is 0 Å². The van der Waals surface area contributed by atoms with Crippen molar-refractivity contribution < 1.29 is 22.8 Å². The van der Waals surface area contributed by atoms with Gasteiger partial charge in [0, 0.05) is 0 Å². The summed E-state index contributed by atoms with van der Waals surface area (Å²) in [5, 5.41) is 9.42. The minimum absolute atomic E-state index is 0.335. The Labute approximate surface area is 185 Å². The van der Waals surface area contributed by atoms with E-state index in [2.05, 4.69) is 52.8 Å². The topological polar surface area (TPSA) is 83.8 Å². The van der Waals surface area contributed by atoms with E-state index in [0.29, 0.717) is 25.9 Å². The van der Waals surface area contributed by atoms with Gasteiger partial charge in [0.05, 0.1) is 12.0 Å². The van der Waals surface area contributed by atoms with Crippen LogP contribution >= 0.6 is 0 Å². The van der Waals surface area contributed by atoms with Gasteiger partial charge in [-0.2, -0.15) is 4.21 Å². The number of allylic oxidation sites excluding steroid dienone is 8. The van der Waals surface area contributed by atoms with Gasteiger partial charge in [-0.1, -0.05) is 68.9 Å². The van der Waals surface area contributed by atoms with Crippen molar-refractivity contribution in [2.75, 3.05) is 6.61 Å². The molecule has 0 aromatic rings. The molecule has 0 spiro atoms. The molecule has 0 radical (unpaired) electrons. The Bertz CT molecular complexity index is 574. The van der Waals surface area contributed by atoms with Crippen molar-refractivity contribution in [2.45, 2.75) is 84.5 Å². The van der Waals surface area contributed by atoms with E-state index in [4.69, 9.17) is 4.55 Å². The number of aliphatic carboxylic acids is 1. The zero-order valence-corrected chi connectivity index (χ0v) is 19.4. The largest absolute Gasteiger partial charge is 0.481 e. The number of carboxylic acids is 1. The molecule has 0 aromatic heterocycles. The molecule has 0 heterocycles. The van der Waals surface area contributed by atoms with E-state index in [1.54, 1.807) is 0 Å². The normalized spacial score (nSPS) is 14.0. The molecule has 0 rings (SSSR count). The van der Waals surface area contributed by atoms with E-state index >= 15 is 0 Å². The molecule has 0 fully saturated rings. The van der Waals surface area contributed by atoms with Gasteiger partial charge in [0.15, 0.2) is 0 Å². The van der Waals surface area contributed by atoms with E-state index in [1.165, 1.54) is 0 Å². The van der Waals surface area contributed by atoms with E-state index in [1.807, 2.05) is 13.8 Å². The van der Waals surface area contributed by atoms with E-state index in [0.717, 1.165) is 51.4 Å². The van der Waals surface area contributed by atoms with Gasteiger partial charge < -0.3 is 5.11 Å². The molecule has 2 N–H and O–H groups in total. The van der Waals surface area contributed by atoms with Crippen LogP contribution in [0.4, 0.5) is 0 Å². The minimum Gasteiger partial charge on any atom is -0.481 e. The number of carboxylic acid groups (broad SMARTS) is 1. The molecule has 0 saturated heterocycles. The summed E-state index contributed by atoms with van der Waals surface area (Å²) in [7, 11) is 0. The third kappa shape index (κ3) is 15.4. The third-order valence-corrected chi connectivity index (χ3v) is 5.65. The first-order chi connectivity index (χ1) is 14.5. The van der Waals surface area contributed by atoms with Crippen molar-refractivity contribution in [2.24, 2.45) is 5.41 Å². The Morgan fingerprint density at radius 2 is 1.33 bits per heavy atom. The van der Waals surface area contributed by atoms with Crippen LogP contribution in [0.25, 0.3) is 0 Å². The maximum absolute atomic E-state index is 11.5. The van der Waals surface area contributed by atoms with Gasteiger partial charge in [-0.05, 0) is 64.2 Å². The SMILES string of the molecule is CCC(CC)(CC/C=C\C/C=C\C/C=C\C/C=C\CCCCCOS(=O)O)C(=O)O. The fourth-order valence-electron chi connectivity index (χ4n) is 3.09. The molecule has 5 nitrogen and oxygen atoms in total. The standard InChI is InChI=1S/C24H40O5S/c1-3-24(4-2,23(25)26)21-19-17-15-13-11-9-7-5-6-8-10-12-14-16-18-20-22-29-30(27)28/h5-6,9-12,15,17H,3-4,7-8,13-14,16,18-22H2,1-2H3,(H,25,26)(H,27,28)/b6-5-,11-9-,12-10-,17-15-. The summed E-state index contributed by atoms with van der Waals surface area (Å²) in [5.41, 5.74) is -0.572. The number of carbonyl (C=O) groups is 1. The molecular weight excluding hydrogens is 400 g/mol. The minimum atomic E-state index is -2.14. The van der Waals surface area contributed by atoms with Gasteiger partial charge in [-0.15, -0.1) is 0 Å². The molecule has 1 atom stereocenters. The molecule has 0 saturated carbocycles. The van der Waals surface area contributed by atoms with Crippen molar-refractivity contribution in [1.82, 2.24) is 0 Å². The highest BCUT2D eigenvalue weighted by molar-refractivity contribution is 7.74. The van der Waals surface area contributed by atoms with E-state index in [9.17, 15) is 14.1 Å². The first-order valence-corrected chi connectivity index (χ1v) is 12.1. The van der Waals surface area contributed by atoms with E-state index in [-0.39, 0.29) is 0 Å². The number of unbranched alkanes of at least 4 members (excludes halogenated alkanes) is 3. The Kier molecular flexibility index (Phi) is 18.5. The second kappa shape index (κ2) is 19.5. The molecule has 6 heteroatoms. The molecule has 0 aliphatic rings. The van der Waals surface area contributed by atoms with Crippen molar-refractivity contribution in [1.29, 1.82) is 0 Å². The van der Waals surface area contributed by atoms with Crippen molar-refractivity contribution >= 4 is 17.3 Å². The molecule has 30 heavy (non-hydrogen) atoms. The average Bonchev–Trinajstić information content (AvgIpc) is 2.72. The molecule has 172 valence electrons. The fraction of sp³-hybridized carbons (Fsp3) is 0.625. The zero-order valence-electron chi connectivity index (χ0n) is 18.6. The Morgan fingerprint density at radius 1 is 0.833 bits per heavy atom. The van der Waals surface area contributed by atoms with Gasteiger partial charge in [0.25, 0.3) is 0 Å². The first-order valence-electron chi connectivity index (χ1n) is 11.1. The molecule has 1 unspecified atom stereocenters. The van der Waals surface area contributed by atoms with Crippen LogP contribution in [0.15, 0.2) is 48.6 Å². The molecule has 0 aromatic carbocycles. The molecular formula is C24H40O5S. The highest BCUT2D eigenvalue weighted by atomic mass is 32.2. The molecule has 0 bridgehead atoms. The monoisotopic (exact) mass is 440 g/mol. The smallest absolute Gasteiger partial charge is 0.309 e. The van der Waals surface area contributed by atoms with Gasteiger partial charge in [0.1, 0.15) is 0 Å². The van der Waals surface area contributed by atoms with Gasteiger partial charge in [-0.3, -0.25) is 13.5 Å². The van der Waals surface area contributed by atoms with Crippen LogP contribution in [-0.2, 0) is 20.3 Å².